The van der Waals surface area contributed by atoms with Crippen molar-refractivity contribution >= 4 is 27.8 Å². The average molecular weight is 692 g/mol. The Morgan fingerprint density at radius 3 is 1.87 bits per heavy atom. The van der Waals surface area contributed by atoms with E-state index in [1.807, 2.05) is 0 Å². The van der Waals surface area contributed by atoms with E-state index in [-0.39, 0.29) is 5.41 Å². The molecule has 3 unspecified atom stereocenters. The Morgan fingerprint density at radius 1 is 0.426 bits per heavy atom. The molecule has 54 heavy (non-hydrogen) atoms. The summed E-state index contributed by atoms with van der Waals surface area (Å²) < 4.78 is 0. The number of hydrogen-bond acceptors (Lipinski definition) is 1. The standard InChI is InChI=1S/C53H41N/c1-3-13-38(14-4-1)49-34-43(54(41-17-5-2-6-18-41)42-29-26-39(27-30-42)45-21-11-16-37-15-7-8-19-44(37)45)31-32-46(49)47-22-12-24-51-52(47)48-20-9-10-23-50(48)53(51)35-36-25-28-40(53)33-36/h1-24,26-27,29-32,34,36,40H,25,28,33,35H2. The lowest BCUT2D eigenvalue weighted by atomic mass is 9.66. The largest absolute Gasteiger partial charge is 0.310 e. The molecule has 2 fully saturated rings. The van der Waals surface area contributed by atoms with Gasteiger partial charge in [0.05, 0.1) is 0 Å². The molecule has 0 amide bonds. The summed E-state index contributed by atoms with van der Waals surface area (Å²) in [6, 6.07) is 69.8. The van der Waals surface area contributed by atoms with E-state index in [4.69, 9.17) is 0 Å². The van der Waals surface area contributed by atoms with Gasteiger partial charge in [-0.3, -0.25) is 0 Å². The molecule has 0 aromatic heterocycles. The minimum atomic E-state index is 0.153. The fourth-order valence-electron chi connectivity index (χ4n) is 10.7. The average Bonchev–Trinajstić information content (AvgIpc) is 3.95. The highest BCUT2D eigenvalue weighted by Gasteiger charge is 2.57. The lowest BCUT2D eigenvalue weighted by molar-refractivity contribution is 0.327. The zero-order valence-electron chi connectivity index (χ0n) is 30.3. The molecule has 8 aromatic rings. The van der Waals surface area contributed by atoms with Gasteiger partial charge in [-0.15, -0.1) is 0 Å². The molecule has 0 aliphatic heterocycles. The van der Waals surface area contributed by atoms with Gasteiger partial charge in [0.1, 0.15) is 0 Å². The van der Waals surface area contributed by atoms with E-state index in [1.54, 1.807) is 11.1 Å². The van der Waals surface area contributed by atoms with E-state index in [9.17, 15) is 0 Å². The smallest absolute Gasteiger partial charge is 0.0468 e. The zero-order valence-corrected chi connectivity index (χ0v) is 30.3. The maximum absolute atomic E-state index is 2.47. The Bertz CT molecular complexity index is 2670. The summed E-state index contributed by atoms with van der Waals surface area (Å²) in [5.41, 5.74) is 17.2. The molecule has 0 N–H and O–H groups in total. The molecule has 1 nitrogen and oxygen atoms in total. The zero-order chi connectivity index (χ0) is 35.6. The minimum absolute atomic E-state index is 0.153. The first kappa shape index (κ1) is 31.4. The van der Waals surface area contributed by atoms with Gasteiger partial charge in [-0.25, -0.2) is 0 Å². The van der Waals surface area contributed by atoms with Gasteiger partial charge in [-0.05, 0) is 134 Å². The van der Waals surface area contributed by atoms with E-state index in [1.165, 1.54) is 81.0 Å². The third-order valence-corrected chi connectivity index (χ3v) is 12.9. The second kappa shape index (κ2) is 12.5. The van der Waals surface area contributed by atoms with Gasteiger partial charge >= 0.3 is 0 Å². The molecule has 2 saturated carbocycles. The van der Waals surface area contributed by atoms with Crippen LogP contribution in [0.1, 0.15) is 36.8 Å². The van der Waals surface area contributed by atoms with E-state index < -0.39 is 0 Å². The van der Waals surface area contributed by atoms with Crippen molar-refractivity contribution in [2.75, 3.05) is 4.90 Å². The van der Waals surface area contributed by atoms with Crippen LogP contribution < -0.4 is 4.90 Å². The first-order chi connectivity index (χ1) is 26.8. The number of nitrogens with zero attached hydrogens (tertiary/aromatic N) is 1. The fourth-order valence-corrected chi connectivity index (χ4v) is 10.7. The predicted molar refractivity (Wildman–Crippen MR) is 227 cm³/mol. The van der Waals surface area contributed by atoms with Crippen LogP contribution in [0.5, 0.6) is 0 Å². The van der Waals surface area contributed by atoms with Gasteiger partial charge < -0.3 is 4.90 Å². The maximum Gasteiger partial charge on any atom is 0.0468 e. The predicted octanol–water partition coefficient (Wildman–Crippen LogP) is 14.4. The Hall–Kier alpha value is -6.18. The molecule has 8 aromatic carbocycles. The highest BCUT2D eigenvalue weighted by molar-refractivity contribution is 5.99. The van der Waals surface area contributed by atoms with E-state index in [2.05, 4.69) is 193 Å². The first-order valence-corrected chi connectivity index (χ1v) is 19.6. The molecular weight excluding hydrogens is 651 g/mol. The summed E-state index contributed by atoms with van der Waals surface area (Å²) in [6.07, 6.45) is 5.42. The molecule has 2 bridgehead atoms. The summed E-state index contributed by atoms with van der Waals surface area (Å²) in [6.45, 7) is 0. The number of hydrogen-bond donors (Lipinski definition) is 0. The molecule has 3 aliphatic rings. The molecule has 3 atom stereocenters. The number of fused-ring (bicyclic) bond motifs is 9. The van der Waals surface area contributed by atoms with Crippen LogP contribution in [-0.4, -0.2) is 0 Å². The molecular formula is C53H41N. The monoisotopic (exact) mass is 691 g/mol. The van der Waals surface area contributed by atoms with Crippen LogP contribution >= 0.6 is 0 Å². The lowest BCUT2D eigenvalue weighted by Crippen LogP contribution is -2.31. The molecule has 258 valence electrons. The summed E-state index contributed by atoms with van der Waals surface area (Å²) in [5, 5.41) is 2.54. The van der Waals surface area contributed by atoms with Crippen molar-refractivity contribution in [3.8, 4) is 44.5 Å². The van der Waals surface area contributed by atoms with Crippen LogP contribution in [0.4, 0.5) is 17.1 Å². The molecule has 3 aliphatic carbocycles. The van der Waals surface area contributed by atoms with Crippen LogP contribution in [0.15, 0.2) is 188 Å². The second-order valence-electron chi connectivity index (χ2n) is 15.7. The Morgan fingerprint density at radius 2 is 1.06 bits per heavy atom. The number of para-hydroxylation sites is 1. The first-order valence-electron chi connectivity index (χ1n) is 19.6. The summed E-state index contributed by atoms with van der Waals surface area (Å²) >= 11 is 0. The van der Waals surface area contributed by atoms with Crippen molar-refractivity contribution in [2.24, 2.45) is 11.8 Å². The summed E-state index contributed by atoms with van der Waals surface area (Å²) in [4.78, 5) is 2.40. The molecule has 0 heterocycles. The highest BCUT2D eigenvalue weighted by atomic mass is 15.1. The Labute approximate surface area is 318 Å². The van der Waals surface area contributed by atoms with Gasteiger partial charge in [-0.2, -0.15) is 0 Å². The second-order valence-corrected chi connectivity index (χ2v) is 15.7. The third-order valence-electron chi connectivity index (χ3n) is 12.9. The fraction of sp³-hybridized carbons (Fsp3) is 0.132. The third kappa shape index (κ3) is 4.78. The van der Waals surface area contributed by atoms with Gasteiger partial charge in [-0.1, -0.05) is 158 Å². The van der Waals surface area contributed by atoms with Gasteiger partial charge in [0.15, 0.2) is 0 Å². The molecule has 1 heteroatoms. The van der Waals surface area contributed by atoms with Gasteiger partial charge in [0.25, 0.3) is 0 Å². The molecule has 1 spiro atoms. The van der Waals surface area contributed by atoms with Crippen molar-refractivity contribution in [1.29, 1.82) is 0 Å². The maximum atomic E-state index is 2.47. The van der Waals surface area contributed by atoms with Crippen molar-refractivity contribution < 1.29 is 0 Å². The van der Waals surface area contributed by atoms with Crippen LogP contribution in [0.2, 0.25) is 0 Å². The van der Waals surface area contributed by atoms with E-state index >= 15 is 0 Å². The van der Waals surface area contributed by atoms with Crippen LogP contribution in [0, 0.1) is 11.8 Å². The SMILES string of the molecule is c1ccc(-c2cc(N(c3ccccc3)c3ccc(-c4cccc5ccccc45)cc3)ccc2-c2cccc3c2-c2ccccc2C32CC3CCC2C3)cc1. The van der Waals surface area contributed by atoms with Crippen LogP contribution in [-0.2, 0) is 5.41 Å². The topological polar surface area (TPSA) is 3.24 Å². The minimum Gasteiger partial charge on any atom is -0.310 e. The lowest BCUT2D eigenvalue weighted by Gasteiger charge is -2.36. The van der Waals surface area contributed by atoms with Gasteiger partial charge in [0.2, 0.25) is 0 Å². The number of benzene rings is 8. The van der Waals surface area contributed by atoms with Crippen LogP contribution in [0.25, 0.3) is 55.3 Å². The van der Waals surface area contributed by atoms with Crippen molar-refractivity contribution in [1.82, 2.24) is 0 Å². The number of anilines is 3. The van der Waals surface area contributed by atoms with Gasteiger partial charge in [0, 0.05) is 22.5 Å². The van der Waals surface area contributed by atoms with Crippen LogP contribution in [0.3, 0.4) is 0 Å². The summed E-state index contributed by atoms with van der Waals surface area (Å²) in [5.74, 6) is 1.59. The highest BCUT2D eigenvalue weighted by Crippen LogP contribution is 2.66. The Kier molecular flexibility index (Phi) is 7.24. The van der Waals surface area contributed by atoms with Crippen molar-refractivity contribution in [3.63, 3.8) is 0 Å². The van der Waals surface area contributed by atoms with E-state index in [0.29, 0.717) is 0 Å². The van der Waals surface area contributed by atoms with E-state index in [0.717, 1.165) is 28.9 Å². The molecule has 0 radical (unpaired) electrons. The number of rotatable bonds is 6. The molecule has 0 saturated heterocycles. The van der Waals surface area contributed by atoms with Crippen molar-refractivity contribution in [2.45, 2.75) is 31.1 Å². The molecule has 11 rings (SSSR count). The quantitative estimate of drug-likeness (QED) is 0.168. The Balaban J connectivity index is 1.08. The van der Waals surface area contributed by atoms with Crippen molar-refractivity contribution in [3.05, 3.63) is 199 Å². The summed E-state index contributed by atoms with van der Waals surface area (Å²) in [7, 11) is 0. The normalized spacial score (nSPS) is 19.3.